The fraction of sp³-hybridized carbons (Fsp3) is 0.308. The minimum absolute atomic E-state index is 0.102. The molecule has 4 aromatic rings. The van der Waals surface area contributed by atoms with Crippen molar-refractivity contribution in [2.24, 2.45) is 0 Å². The molecule has 166 valence electrons. The van der Waals surface area contributed by atoms with E-state index < -0.39 is 0 Å². The Kier molecular flexibility index (Phi) is 6.53. The number of ether oxygens (including phenoxy) is 2. The molecule has 6 heteroatoms. The lowest BCUT2D eigenvalue weighted by Crippen LogP contribution is -2.07. The Morgan fingerprint density at radius 2 is 1.75 bits per heavy atom. The zero-order valence-electron chi connectivity index (χ0n) is 19.0. The number of rotatable bonds is 8. The second-order valence-electron chi connectivity index (χ2n) is 8.10. The molecule has 0 spiro atoms. The first-order valence-corrected chi connectivity index (χ1v) is 10.8. The van der Waals surface area contributed by atoms with E-state index >= 15 is 0 Å². The highest BCUT2D eigenvalue weighted by atomic mass is 16.5. The summed E-state index contributed by atoms with van der Waals surface area (Å²) in [6.07, 6.45) is 1.70. The van der Waals surface area contributed by atoms with Crippen LogP contribution in [-0.4, -0.2) is 40.5 Å². The molecule has 0 unspecified atom stereocenters. The summed E-state index contributed by atoms with van der Waals surface area (Å²) in [5.74, 6) is 2.10. The molecule has 0 saturated heterocycles. The Morgan fingerprint density at radius 1 is 0.969 bits per heavy atom. The molecule has 0 aliphatic heterocycles. The molecule has 0 saturated carbocycles. The molecule has 6 nitrogen and oxygen atoms in total. The largest absolute Gasteiger partial charge is 0.494 e. The number of pyridine rings is 1. The van der Waals surface area contributed by atoms with E-state index in [4.69, 9.17) is 14.5 Å². The van der Waals surface area contributed by atoms with Crippen molar-refractivity contribution in [2.75, 3.05) is 20.8 Å². The Morgan fingerprint density at radius 3 is 2.41 bits per heavy atom. The number of benzene rings is 2. The van der Waals surface area contributed by atoms with Gasteiger partial charge in [0.2, 0.25) is 0 Å². The van der Waals surface area contributed by atoms with E-state index in [0.717, 1.165) is 39.3 Å². The molecule has 4 rings (SSSR count). The van der Waals surface area contributed by atoms with Gasteiger partial charge in [-0.25, -0.2) is 4.98 Å². The van der Waals surface area contributed by atoms with Gasteiger partial charge in [-0.2, -0.15) is 0 Å². The summed E-state index contributed by atoms with van der Waals surface area (Å²) in [4.78, 5) is 9.19. The van der Waals surface area contributed by atoms with E-state index in [9.17, 15) is 5.11 Å². The van der Waals surface area contributed by atoms with Gasteiger partial charge in [0.05, 0.1) is 31.5 Å². The van der Waals surface area contributed by atoms with Crippen molar-refractivity contribution < 1.29 is 14.6 Å². The van der Waals surface area contributed by atoms with Crippen molar-refractivity contribution in [1.82, 2.24) is 14.5 Å². The number of aliphatic hydroxyl groups is 1. The first-order chi connectivity index (χ1) is 15.5. The molecular weight excluding hydrogens is 402 g/mol. The maximum atomic E-state index is 9.47. The van der Waals surface area contributed by atoms with Crippen LogP contribution in [0.15, 0.2) is 54.7 Å². The third-order valence-corrected chi connectivity index (χ3v) is 5.69. The topological polar surface area (TPSA) is 69.4 Å². The molecule has 2 aromatic carbocycles. The minimum Gasteiger partial charge on any atom is -0.494 e. The van der Waals surface area contributed by atoms with Crippen molar-refractivity contribution in [1.29, 1.82) is 0 Å². The molecule has 32 heavy (non-hydrogen) atoms. The number of hydrogen-bond donors (Lipinski definition) is 1. The zero-order valence-corrected chi connectivity index (χ0v) is 19.0. The van der Waals surface area contributed by atoms with E-state index in [1.54, 1.807) is 20.4 Å². The van der Waals surface area contributed by atoms with Crippen LogP contribution in [-0.2, 0) is 17.9 Å². The number of aliphatic hydroxyl groups excluding tert-OH is 1. The van der Waals surface area contributed by atoms with Crippen molar-refractivity contribution >= 4 is 11.0 Å². The van der Waals surface area contributed by atoms with Crippen LogP contribution < -0.4 is 4.74 Å². The van der Waals surface area contributed by atoms with E-state index in [1.165, 1.54) is 5.56 Å². The zero-order chi connectivity index (χ0) is 22.7. The number of fused-ring (bicyclic) bond motifs is 1. The first kappa shape index (κ1) is 22.0. The van der Waals surface area contributed by atoms with Crippen LogP contribution >= 0.6 is 0 Å². The molecule has 0 amide bonds. The van der Waals surface area contributed by atoms with Gasteiger partial charge < -0.3 is 19.1 Å². The van der Waals surface area contributed by atoms with Crippen molar-refractivity contribution in [3.05, 3.63) is 66.0 Å². The Hall–Kier alpha value is -3.22. The summed E-state index contributed by atoms with van der Waals surface area (Å²) in [6.45, 7) is 5.51. The molecule has 0 atom stereocenters. The van der Waals surface area contributed by atoms with Gasteiger partial charge in [-0.1, -0.05) is 38.1 Å². The van der Waals surface area contributed by atoms with Gasteiger partial charge in [-0.15, -0.1) is 0 Å². The monoisotopic (exact) mass is 431 g/mol. The molecule has 2 heterocycles. The van der Waals surface area contributed by atoms with Gasteiger partial charge in [0, 0.05) is 25.4 Å². The third-order valence-electron chi connectivity index (χ3n) is 5.69. The molecule has 1 N–H and O–H groups in total. The van der Waals surface area contributed by atoms with Crippen molar-refractivity contribution in [2.45, 2.75) is 32.9 Å². The van der Waals surface area contributed by atoms with Gasteiger partial charge in [0.1, 0.15) is 17.1 Å². The summed E-state index contributed by atoms with van der Waals surface area (Å²) in [5.41, 5.74) is 6.68. The van der Waals surface area contributed by atoms with Crippen LogP contribution in [0.2, 0.25) is 0 Å². The fourth-order valence-electron chi connectivity index (χ4n) is 3.93. The maximum Gasteiger partial charge on any atom is 0.145 e. The highest BCUT2D eigenvalue weighted by Gasteiger charge is 2.18. The summed E-state index contributed by atoms with van der Waals surface area (Å²) in [5, 5.41) is 9.47. The number of aromatic nitrogens is 3. The van der Waals surface area contributed by atoms with E-state index in [-0.39, 0.29) is 6.61 Å². The van der Waals surface area contributed by atoms with Crippen LogP contribution in [0.1, 0.15) is 31.0 Å². The smallest absolute Gasteiger partial charge is 0.145 e. The number of imidazole rings is 1. The molecule has 0 aliphatic rings. The van der Waals surface area contributed by atoms with Gasteiger partial charge in [-0.05, 0) is 46.9 Å². The lowest BCUT2D eigenvalue weighted by atomic mass is 10.0. The predicted octanol–water partition coefficient (Wildman–Crippen LogP) is 5.04. The molecule has 0 bridgehead atoms. The van der Waals surface area contributed by atoms with E-state index in [1.807, 2.05) is 18.2 Å². The van der Waals surface area contributed by atoms with Gasteiger partial charge in [0.15, 0.2) is 0 Å². The molecule has 0 aliphatic carbocycles. The summed E-state index contributed by atoms with van der Waals surface area (Å²) < 4.78 is 13.3. The standard InChI is InChI=1S/C26H29N3O3/c1-17(2)18-5-7-19(8-6-18)26-28-23-14-21(20-9-10-27-22(13-20)16-30)15-24(32-4)25(23)29(26)11-12-31-3/h5-10,13-15,17,30H,11-12,16H2,1-4H3. The Bertz CT molecular complexity index is 1210. The quantitative estimate of drug-likeness (QED) is 0.423. The second-order valence-corrected chi connectivity index (χ2v) is 8.10. The van der Waals surface area contributed by atoms with Crippen LogP contribution in [0.4, 0.5) is 0 Å². The lowest BCUT2D eigenvalue weighted by Gasteiger charge is -2.13. The molecule has 0 radical (unpaired) electrons. The minimum atomic E-state index is -0.102. The summed E-state index contributed by atoms with van der Waals surface area (Å²) in [6, 6.07) is 16.5. The van der Waals surface area contributed by atoms with Crippen molar-refractivity contribution in [3.8, 4) is 28.3 Å². The van der Waals surface area contributed by atoms with Gasteiger partial charge >= 0.3 is 0 Å². The highest BCUT2D eigenvalue weighted by Crippen LogP contribution is 2.36. The van der Waals surface area contributed by atoms with Crippen LogP contribution in [0.3, 0.4) is 0 Å². The van der Waals surface area contributed by atoms with Crippen molar-refractivity contribution in [3.63, 3.8) is 0 Å². The molecule has 0 fully saturated rings. The SMILES string of the molecule is COCCn1c(-c2ccc(C(C)C)cc2)nc2cc(-c3ccnc(CO)c3)cc(OC)c21. The average Bonchev–Trinajstić information content (AvgIpc) is 3.20. The molecule has 2 aromatic heterocycles. The Balaban J connectivity index is 1.90. The summed E-state index contributed by atoms with van der Waals surface area (Å²) in [7, 11) is 3.38. The normalized spacial score (nSPS) is 11.4. The maximum absolute atomic E-state index is 9.47. The Labute approximate surface area is 188 Å². The van der Waals surface area contributed by atoms with Gasteiger partial charge in [-0.3, -0.25) is 4.98 Å². The number of nitrogens with zero attached hydrogens (tertiary/aromatic N) is 3. The van der Waals surface area contributed by atoms with Crippen LogP contribution in [0.5, 0.6) is 5.75 Å². The van der Waals surface area contributed by atoms with E-state index in [0.29, 0.717) is 24.8 Å². The van der Waals surface area contributed by atoms with Crippen LogP contribution in [0, 0.1) is 0 Å². The predicted molar refractivity (Wildman–Crippen MR) is 127 cm³/mol. The second kappa shape index (κ2) is 9.51. The first-order valence-electron chi connectivity index (χ1n) is 10.8. The number of hydrogen-bond acceptors (Lipinski definition) is 5. The van der Waals surface area contributed by atoms with Gasteiger partial charge in [0.25, 0.3) is 0 Å². The number of methoxy groups -OCH3 is 2. The van der Waals surface area contributed by atoms with Crippen LogP contribution in [0.25, 0.3) is 33.5 Å². The summed E-state index contributed by atoms with van der Waals surface area (Å²) >= 11 is 0. The lowest BCUT2D eigenvalue weighted by molar-refractivity contribution is 0.188. The highest BCUT2D eigenvalue weighted by molar-refractivity contribution is 5.90. The molecular formula is C26H29N3O3. The fourth-order valence-corrected chi connectivity index (χ4v) is 3.93. The third kappa shape index (κ3) is 4.24. The van der Waals surface area contributed by atoms with E-state index in [2.05, 4.69) is 53.7 Å². The average molecular weight is 432 g/mol.